The Kier molecular flexibility index (Phi) is 2.78. The summed E-state index contributed by atoms with van der Waals surface area (Å²) in [4.78, 5) is 22.1. The molecule has 0 aromatic heterocycles. The van der Waals surface area contributed by atoms with E-state index >= 15 is 0 Å². The molecular weight excluding hydrogens is 284 g/mol. The molecule has 3 aliphatic heterocycles. The summed E-state index contributed by atoms with van der Waals surface area (Å²) in [5, 5.41) is 0. The van der Waals surface area contributed by atoms with Gasteiger partial charge in [-0.1, -0.05) is 0 Å². The molecule has 3 saturated heterocycles. The summed E-state index contributed by atoms with van der Waals surface area (Å²) in [7, 11) is -3.59. The summed E-state index contributed by atoms with van der Waals surface area (Å²) in [6, 6.07) is 0. The molecule has 4 unspecified atom stereocenters. The molecule has 0 radical (unpaired) electrons. The lowest BCUT2D eigenvalue weighted by Crippen LogP contribution is -2.42. The van der Waals surface area contributed by atoms with Crippen LogP contribution in [0.15, 0.2) is 0 Å². The number of hydrogen-bond donors (Lipinski definition) is 0. The summed E-state index contributed by atoms with van der Waals surface area (Å²) in [5.74, 6) is -0.826. The number of cyclic esters (lactones) is 4. The lowest BCUT2D eigenvalue weighted by Gasteiger charge is -2.21. The van der Waals surface area contributed by atoms with Crippen molar-refractivity contribution in [3.8, 4) is 0 Å². The highest BCUT2D eigenvalue weighted by Crippen LogP contribution is 2.32. The number of carbonyl (C=O) groups excluding carboxylic acids is 2. The van der Waals surface area contributed by atoms with E-state index < -0.39 is 46.7 Å². The Labute approximate surface area is 107 Å². The summed E-state index contributed by atoms with van der Waals surface area (Å²) < 4.78 is 46.4. The molecule has 106 valence electrons. The maximum Gasteiger partial charge on any atom is 0.509 e. The van der Waals surface area contributed by atoms with E-state index in [4.69, 9.17) is 14.2 Å². The Morgan fingerprint density at radius 3 is 2.26 bits per heavy atom. The summed E-state index contributed by atoms with van der Waals surface area (Å²) >= 11 is 0. The lowest BCUT2D eigenvalue weighted by molar-refractivity contribution is 0.00940. The fourth-order valence-electron chi connectivity index (χ4n) is 2.28. The molecule has 3 fully saturated rings. The second-order valence-corrected chi connectivity index (χ2v) is 6.09. The summed E-state index contributed by atoms with van der Waals surface area (Å²) in [5.41, 5.74) is 0. The molecule has 0 bridgehead atoms. The third-order valence-electron chi connectivity index (χ3n) is 3.11. The van der Waals surface area contributed by atoms with Crippen molar-refractivity contribution < 1.29 is 41.1 Å². The Morgan fingerprint density at radius 1 is 0.947 bits per heavy atom. The van der Waals surface area contributed by atoms with Crippen LogP contribution in [-0.4, -0.2) is 58.0 Å². The minimum Gasteiger partial charge on any atom is -0.430 e. The highest BCUT2D eigenvalue weighted by molar-refractivity contribution is 7.86. The van der Waals surface area contributed by atoms with Crippen molar-refractivity contribution >= 4 is 22.4 Å². The number of carbonyl (C=O) groups is 2. The molecule has 0 spiro atoms. The smallest absolute Gasteiger partial charge is 0.430 e. The Morgan fingerprint density at radius 2 is 1.68 bits per heavy atom. The van der Waals surface area contributed by atoms with Crippen molar-refractivity contribution in [2.75, 3.05) is 19.0 Å². The normalized spacial score (nSPS) is 40.4. The van der Waals surface area contributed by atoms with Crippen LogP contribution >= 0.6 is 0 Å². The maximum atomic E-state index is 11.2. The maximum absolute atomic E-state index is 11.2. The first-order valence-corrected chi connectivity index (χ1v) is 7.10. The third kappa shape index (κ3) is 2.32. The van der Waals surface area contributed by atoms with Gasteiger partial charge in [0.1, 0.15) is 6.61 Å². The Hall–Kier alpha value is -1.55. The zero-order valence-electron chi connectivity index (χ0n) is 9.51. The van der Waals surface area contributed by atoms with Crippen LogP contribution in [0, 0.1) is 5.92 Å². The zero-order chi connectivity index (χ0) is 13.6. The molecule has 4 atom stereocenters. The molecule has 10 heteroatoms. The average Bonchev–Trinajstić information content (AvgIpc) is 2.98. The average molecular weight is 294 g/mol. The number of ether oxygens (including phenoxy) is 4. The van der Waals surface area contributed by atoms with E-state index in [1.165, 1.54) is 0 Å². The van der Waals surface area contributed by atoms with E-state index in [1.54, 1.807) is 0 Å². The molecule has 0 N–H and O–H groups in total. The topological polar surface area (TPSA) is 114 Å². The highest BCUT2D eigenvalue weighted by Gasteiger charge is 2.52. The SMILES string of the molecule is O=C1OCC(C2OC(=O)OC2C2COS(=O)(=O)C2)O1. The van der Waals surface area contributed by atoms with Gasteiger partial charge in [0.05, 0.1) is 12.4 Å². The second kappa shape index (κ2) is 4.23. The van der Waals surface area contributed by atoms with Gasteiger partial charge in [-0.15, -0.1) is 0 Å². The van der Waals surface area contributed by atoms with Crippen molar-refractivity contribution in [3.05, 3.63) is 0 Å². The van der Waals surface area contributed by atoms with Crippen LogP contribution in [0.1, 0.15) is 0 Å². The third-order valence-corrected chi connectivity index (χ3v) is 4.44. The van der Waals surface area contributed by atoms with Crippen molar-refractivity contribution in [2.24, 2.45) is 5.92 Å². The predicted molar refractivity (Wildman–Crippen MR) is 54.6 cm³/mol. The van der Waals surface area contributed by atoms with Gasteiger partial charge >= 0.3 is 12.3 Å². The van der Waals surface area contributed by atoms with E-state index in [0.717, 1.165) is 0 Å². The van der Waals surface area contributed by atoms with Gasteiger partial charge in [0, 0.05) is 5.92 Å². The minimum atomic E-state index is -3.59. The zero-order valence-corrected chi connectivity index (χ0v) is 10.3. The first-order chi connectivity index (χ1) is 8.94. The standard InChI is InChI=1S/C9H10O9S/c10-8-14-2-5(16-8)7-6(17-9(11)18-7)4-1-15-19(12,13)3-4/h4-7H,1-3H2. The minimum absolute atomic E-state index is 0.0725. The van der Waals surface area contributed by atoms with E-state index in [2.05, 4.69) is 8.92 Å². The summed E-state index contributed by atoms with van der Waals surface area (Å²) in [6.45, 7) is -0.168. The Bertz CT molecular complexity index is 512. The van der Waals surface area contributed by atoms with Crippen LogP contribution in [0.4, 0.5) is 9.59 Å². The Balaban J connectivity index is 1.75. The van der Waals surface area contributed by atoms with Gasteiger partial charge in [-0.05, 0) is 0 Å². The molecule has 0 aromatic carbocycles. The quantitative estimate of drug-likeness (QED) is 0.486. The molecule has 3 rings (SSSR count). The van der Waals surface area contributed by atoms with Crippen LogP contribution in [0.2, 0.25) is 0 Å². The van der Waals surface area contributed by atoms with Gasteiger partial charge < -0.3 is 18.9 Å². The summed E-state index contributed by atoms with van der Waals surface area (Å²) in [6.07, 6.45) is -4.32. The molecule has 19 heavy (non-hydrogen) atoms. The number of rotatable bonds is 2. The van der Waals surface area contributed by atoms with E-state index in [9.17, 15) is 18.0 Å². The highest BCUT2D eigenvalue weighted by atomic mass is 32.2. The van der Waals surface area contributed by atoms with Crippen molar-refractivity contribution in [1.82, 2.24) is 0 Å². The van der Waals surface area contributed by atoms with Crippen molar-refractivity contribution in [2.45, 2.75) is 18.3 Å². The van der Waals surface area contributed by atoms with Gasteiger partial charge in [0.25, 0.3) is 10.1 Å². The molecule has 9 nitrogen and oxygen atoms in total. The van der Waals surface area contributed by atoms with Gasteiger partial charge in [-0.3, -0.25) is 4.18 Å². The molecule has 0 amide bonds. The van der Waals surface area contributed by atoms with Crippen LogP contribution in [0.3, 0.4) is 0 Å². The van der Waals surface area contributed by atoms with Crippen LogP contribution in [0.5, 0.6) is 0 Å². The molecule has 3 heterocycles. The van der Waals surface area contributed by atoms with E-state index in [1.807, 2.05) is 0 Å². The van der Waals surface area contributed by atoms with E-state index in [0.29, 0.717) is 0 Å². The van der Waals surface area contributed by atoms with Gasteiger partial charge in [-0.25, -0.2) is 9.59 Å². The van der Waals surface area contributed by atoms with Gasteiger partial charge in [0.15, 0.2) is 18.3 Å². The first-order valence-electron chi connectivity index (χ1n) is 5.52. The molecule has 0 aliphatic carbocycles. The molecular formula is C9H10O9S. The van der Waals surface area contributed by atoms with Crippen LogP contribution < -0.4 is 0 Å². The largest absolute Gasteiger partial charge is 0.509 e. The molecule has 0 saturated carbocycles. The lowest BCUT2D eigenvalue weighted by atomic mass is 9.97. The molecule has 0 aromatic rings. The first kappa shape index (κ1) is 12.5. The molecule has 3 aliphatic rings. The fraction of sp³-hybridized carbons (Fsp3) is 0.778. The fourth-order valence-corrected chi connectivity index (χ4v) is 3.57. The van der Waals surface area contributed by atoms with Gasteiger partial charge in [0.2, 0.25) is 0 Å². The van der Waals surface area contributed by atoms with Gasteiger partial charge in [-0.2, -0.15) is 8.42 Å². The van der Waals surface area contributed by atoms with Crippen molar-refractivity contribution in [1.29, 1.82) is 0 Å². The monoisotopic (exact) mass is 294 g/mol. The van der Waals surface area contributed by atoms with Crippen molar-refractivity contribution in [3.63, 3.8) is 0 Å². The van der Waals surface area contributed by atoms with E-state index in [-0.39, 0.29) is 19.0 Å². The second-order valence-electron chi connectivity index (χ2n) is 4.40. The van der Waals surface area contributed by atoms with Crippen LogP contribution in [-0.2, 0) is 33.2 Å². The number of hydrogen-bond acceptors (Lipinski definition) is 9. The van der Waals surface area contributed by atoms with Crippen LogP contribution in [0.25, 0.3) is 0 Å². The predicted octanol–water partition coefficient (Wildman–Crippen LogP) is -0.598.